The van der Waals surface area contributed by atoms with Crippen LogP contribution in [0.2, 0.25) is 0 Å². The van der Waals surface area contributed by atoms with Crippen LogP contribution in [0.3, 0.4) is 0 Å². The van der Waals surface area contributed by atoms with Crippen LogP contribution in [0.4, 0.5) is 11.9 Å². The average molecular weight is 282 g/mol. The molecule has 0 spiro atoms. The number of rotatable bonds is 3. The molecular formula is C11H18N6OS. The topological polar surface area (TPSA) is 111 Å². The van der Waals surface area contributed by atoms with E-state index in [4.69, 9.17) is 11.5 Å². The van der Waals surface area contributed by atoms with Gasteiger partial charge in [-0.1, -0.05) is 18.7 Å². The highest BCUT2D eigenvalue weighted by atomic mass is 32.2. The molecule has 1 aromatic heterocycles. The zero-order valence-corrected chi connectivity index (χ0v) is 11.7. The fourth-order valence-electron chi connectivity index (χ4n) is 2.09. The number of hydrogen-bond acceptors (Lipinski definition) is 7. The van der Waals surface area contributed by atoms with Crippen molar-refractivity contribution in [3.63, 3.8) is 0 Å². The van der Waals surface area contributed by atoms with Crippen LogP contribution >= 0.6 is 11.8 Å². The Morgan fingerprint density at radius 3 is 2.68 bits per heavy atom. The van der Waals surface area contributed by atoms with Gasteiger partial charge in [-0.2, -0.15) is 15.0 Å². The van der Waals surface area contributed by atoms with Crippen molar-refractivity contribution in [2.24, 2.45) is 5.92 Å². The molecule has 1 atom stereocenters. The van der Waals surface area contributed by atoms with Gasteiger partial charge in [-0.05, 0) is 18.8 Å². The maximum Gasteiger partial charge on any atom is 0.233 e. The number of carbonyl (C=O) groups is 1. The Labute approximate surface area is 116 Å². The van der Waals surface area contributed by atoms with Gasteiger partial charge in [0, 0.05) is 13.1 Å². The van der Waals surface area contributed by atoms with Gasteiger partial charge >= 0.3 is 0 Å². The third-order valence-electron chi connectivity index (χ3n) is 2.98. The Hall–Kier alpha value is -1.57. The second kappa shape index (κ2) is 6.05. The number of nitrogens with zero attached hydrogens (tertiary/aromatic N) is 4. The van der Waals surface area contributed by atoms with E-state index < -0.39 is 0 Å². The molecule has 104 valence electrons. The van der Waals surface area contributed by atoms with Crippen LogP contribution in [0.25, 0.3) is 0 Å². The summed E-state index contributed by atoms with van der Waals surface area (Å²) in [4.78, 5) is 25.5. The standard InChI is InChI=1S/C11H18N6OS/c1-7-3-2-4-17(5-7)8(18)6-19-11-15-9(12)14-10(13)16-11/h7H,2-6H2,1H3,(H4,12,13,14,15,16). The van der Waals surface area contributed by atoms with E-state index in [1.807, 2.05) is 4.90 Å². The molecule has 4 N–H and O–H groups in total. The second-order valence-corrected chi connectivity index (χ2v) is 5.65. The predicted molar refractivity (Wildman–Crippen MR) is 74.4 cm³/mol. The number of nitrogen functional groups attached to an aromatic ring is 2. The van der Waals surface area contributed by atoms with Crippen molar-refractivity contribution in [3.05, 3.63) is 0 Å². The molecule has 0 radical (unpaired) electrons. The Morgan fingerprint density at radius 1 is 1.37 bits per heavy atom. The van der Waals surface area contributed by atoms with Gasteiger partial charge in [0.1, 0.15) is 0 Å². The minimum atomic E-state index is 0.0778. The molecule has 7 nitrogen and oxygen atoms in total. The Kier molecular flexibility index (Phi) is 4.41. The number of aromatic nitrogens is 3. The van der Waals surface area contributed by atoms with E-state index in [9.17, 15) is 4.79 Å². The van der Waals surface area contributed by atoms with E-state index in [0.29, 0.717) is 16.8 Å². The zero-order chi connectivity index (χ0) is 13.8. The highest BCUT2D eigenvalue weighted by molar-refractivity contribution is 7.99. The van der Waals surface area contributed by atoms with Crippen LogP contribution in [0.15, 0.2) is 5.16 Å². The molecule has 1 fully saturated rings. The molecule has 2 rings (SSSR count). The first kappa shape index (κ1) is 13.9. The Morgan fingerprint density at radius 2 is 2.05 bits per heavy atom. The Balaban J connectivity index is 1.89. The molecule has 1 aromatic rings. The molecule has 8 heteroatoms. The lowest BCUT2D eigenvalue weighted by Crippen LogP contribution is -2.40. The summed E-state index contributed by atoms with van der Waals surface area (Å²) >= 11 is 1.24. The van der Waals surface area contributed by atoms with E-state index in [-0.39, 0.29) is 17.8 Å². The summed E-state index contributed by atoms with van der Waals surface area (Å²) < 4.78 is 0. The summed E-state index contributed by atoms with van der Waals surface area (Å²) in [6.45, 7) is 3.84. The molecule has 1 unspecified atom stereocenters. The number of carbonyl (C=O) groups excluding carboxylic acids is 1. The lowest BCUT2D eigenvalue weighted by atomic mass is 10.0. The van der Waals surface area contributed by atoms with E-state index in [0.717, 1.165) is 19.5 Å². The maximum absolute atomic E-state index is 12.1. The minimum absolute atomic E-state index is 0.0778. The van der Waals surface area contributed by atoms with E-state index in [2.05, 4.69) is 21.9 Å². The van der Waals surface area contributed by atoms with E-state index >= 15 is 0 Å². The molecule has 1 amide bonds. The first-order valence-corrected chi connectivity index (χ1v) is 7.20. The number of amides is 1. The molecule has 0 aromatic carbocycles. The fourth-order valence-corrected chi connectivity index (χ4v) is 2.84. The van der Waals surface area contributed by atoms with Crippen LogP contribution in [-0.4, -0.2) is 44.6 Å². The summed E-state index contributed by atoms with van der Waals surface area (Å²) in [6, 6.07) is 0. The Bertz CT molecular complexity index is 448. The number of nitrogens with two attached hydrogens (primary N) is 2. The highest BCUT2D eigenvalue weighted by Gasteiger charge is 2.21. The van der Waals surface area contributed by atoms with Crippen LogP contribution in [-0.2, 0) is 4.79 Å². The lowest BCUT2D eigenvalue weighted by molar-refractivity contribution is -0.130. The van der Waals surface area contributed by atoms with Crippen molar-refractivity contribution < 1.29 is 4.79 Å². The molecule has 1 saturated heterocycles. The van der Waals surface area contributed by atoms with Crippen molar-refractivity contribution in [2.45, 2.75) is 24.9 Å². The van der Waals surface area contributed by atoms with Crippen molar-refractivity contribution in [2.75, 3.05) is 30.3 Å². The molecule has 1 aliphatic heterocycles. The van der Waals surface area contributed by atoms with Gasteiger partial charge in [0.25, 0.3) is 0 Å². The average Bonchev–Trinajstić information content (AvgIpc) is 2.35. The summed E-state index contributed by atoms with van der Waals surface area (Å²) in [7, 11) is 0. The number of likely N-dealkylation sites (tertiary alicyclic amines) is 1. The smallest absolute Gasteiger partial charge is 0.233 e. The third kappa shape index (κ3) is 3.95. The molecule has 0 bridgehead atoms. The number of hydrogen-bond donors (Lipinski definition) is 2. The fraction of sp³-hybridized carbons (Fsp3) is 0.636. The second-order valence-electron chi connectivity index (χ2n) is 4.71. The summed E-state index contributed by atoms with van der Waals surface area (Å²) in [5, 5.41) is 0.392. The van der Waals surface area contributed by atoms with E-state index in [1.54, 1.807) is 0 Å². The lowest BCUT2D eigenvalue weighted by Gasteiger charge is -2.30. The molecule has 2 heterocycles. The highest BCUT2D eigenvalue weighted by Crippen LogP contribution is 2.19. The number of thioether (sulfide) groups is 1. The summed E-state index contributed by atoms with van der Waals surface area (Å²) in [6.07, 6.45) is 2.26. The van der Waals surface area contributed by atoms with Gasteiger partial charge < -0.3 is 16.4 Å². The normalized spacial score (nSPS) is 19.4. The minimum Gasteiger partial charge on any atom is -0.368 e. The van der Waals surface area contributed by atoms with Gasteiger partial charge in [-0.25, -0.2) is 0 Å². The van der Waals surface area contributed by atoms with Crippen molar-refractivity contribution in [1.29, 1.82) is 0 Å². The first-order valence-electron chi connectivity index (χ1n) is 6.22. The quantitative estimate of drug-likeness (QED) is 0.771. The molecular weight excluding hydrogens is 264 g/mol. The van der Waals surface area contributed by atoms with Gasteiger partial charge in [0.15, 0.2) is 5.16 Å². The zero-order valence-electron chi connectivity index (χ0n) is 10.9. The van der Waals surface area contributed by atoms with Gasteiger partial charge in [-0.15, -0.1) is 0 Å². The number of piperidine rings is 1. The first-order chi connectivity index (χ1) is 9.04. The van der Waals surface area contributed by atoms with Gasteiger partial charge in [-0.3, -0.25) is 4.79 Å². The molecule has 1 aliphatic rings. The van der Waals surface area contributed by atoms with E-state index in [1.165, 1.54) is 18.2 Å². The molecule has 0 aliphatic carbocycles. The van der Waals surface area contributed by atoms with Crippen molar-refractivity contribution in [1.82, 2.24) is 19.9 Å². The largest absolute Gasteiger partial charge is 0.368 e. The predicted octanol–water partition coefficient (Wildman–Crippen LogP) is 0.387. The van der Waals surface area contributed by atoms with Crippen molar-refractivity contribution >= 4 is 29.6 Å². The number of anilines is 2. The van der Waals surface area contributed by atoms with Crippen LogP contribution in [0.5, 0.6) is 0 Å². The van der Waals surface area contributed by atoms with Gasteiger partial charge in [0.2, 0.25) is 17.8 Å². The van der Waals surface area contributed by atoms with Crippen LogP contribution in [0.1, 0.15) is 19.8 Å². The SMILES string of the molecule is CC1CCCN(C(=O)CSc2nc(N)nc(N)n2)C1. The van der Waals surface area contributed by atoms with Gasteiger partial charge in [0.05, 0.1) is 5.75 Å². The van der Waals surface area contributed by atoms with Crippen LogP contribution in [0, 0.1) is 5.92 Å². The molecule has 0 saturated carbocycles. The monoisotopic (exact) mass is 282 g/mol. The molecule has 19 heavy (non-hydrogen) atoms. The summed E-state index contributed by atoms with van der Waals surface area (Å²) in [5.74, 6) is 1.14. The van der Waals surface area contributed by atoms with Crippen molar-refractivity contribution in [3.8, 4) is 0 Å². The van der Waals surface area contributed by atoms with Crippen LogP contribution < -0.4 is 11.5 Å². The third-order valence-corrected chi connectivity index (χ3v) is 3.82. The maximum atomic E-state index is 12.1. The summed E-state index contributed by atoms with van der Waals surface area (Å²) in [5.41, 5.74) is 11.0.